The molecule has 2 aromatic carbocycles. The van der Waals surface area contributed by atoms with Gasteiger partial charge in [0.05, 0.1) is 6.61 Å². The van der Waals surface area contributed by atoms with Gasteiger partial charge in [-0.1, -0.05) is 17.7 Å². The molecule has 1 aliphatic heterocycles. The molecule has 2 aliphatic rings. The second-order valence-electron chi connectivity index (χ2n) is 7.54. The minimum atomic E-state index is -0.127. The van der Waals surface area contributed by atoms with Crippen LogP contribution in [0.5, 0.6) is 5.75 Å². The maximum absolute atomic E-state index is 12.6. The van der Waals surface area contributed by atoms with Gasteiger partial charge in [0.25, 0.3) is 11.8 Å². The lowest BCUT2D eigenvalue weighted by atomic mass is 10.1. The third-order valence-corrected chi connectivity index (χ3v) is 5.90. The average molecular weight is 399 g/mol. The van der Waals surface area contributed by atoms with E-state index >= 15 is 0 Å². The lowest BCUT2D eigenvalue weighted by molar-refractivity contribution is 0.0936. The molecule has 28 heavy (non-hydrogen) atoms. The van der Waals surface area contributed by atoms with Crippen molar-refractivity contribution >= 4 is 23.4 Å². The Morgan fingerprint density at radius 2 is 1.64 bits per heavy atom. The Hall–Kier alpha value is -2.53. The summed E-state index contributed by atoms with van der Waals surface area (Å²) in [7, 11) is 0. The van der Waals surface area contributed by atoms with E-state index in [-0.39, 0.29) is 23.9 Å². The van der Waals surface area contributed by atoms with Crippen molar-refractivity contribution in [1.29, 1.82) is 0 Å². The Kier molecular flexibility index (Phi) is 5.27. The summed E-state index contributed by atoms with van der Waals surface area (Å²) in [5.74, 6) is 0.672. The van der Waals surface area contributed by atoms with Crippen LogP contribution in [0.1, 0.15) is 51.1 Å². The summed E-state index contributed by atoms with van der Waals surface area (Å²) in [4.78, 5) is 25.0. The topological polar surface area (TPSA) is 67.4 Å². The second kappa shape index (κ2) is 7.84. The number of benzene rings is 2. The van der Waals surface area contributed by atoms with Crippen molar-refractivity contribution in [3.05, 3.63) is 63.7 Å². The molecule has 0 saturated heterocycles. The molecule has 4 rings (SSSR count). The molecule has 0 bridgehead atoms. The van der Waals surface area contributed by atoms with Crippen LogP contribution in [0.4, 0.5) is 0 Å². The van der Waals surface area contributed by atoms with Crippen LogP contribution < -0.4 is 15.4 Å². The molecule has 1 fully saturated rings. The van der Waals surface area contributed by atoms with E-state index in [4.69, 9.17) is 16.3 Å². The molecule has 2 N–H and O–H groups in total. The van der Waals surface area contributed by atoms with Gasteiger partial charge < -0.3 is 15.4 Å². The Morgan fingerprint density at radius 1 is 1.00 bits per heavy atom. The zero-order chi connectivity index (χ0) is 19.7. The van der Waals surface area contributed by atoms with E-state index in [9.17, 15) is 9.59 Å². The number of aryl methyl sites for hydroxylation is 1. The van der Waals surface area contributed by atoms with Gasteiger partial charge in [-0.15, -0.1) is 0 Å². The van der Waals surface area contributed by atoms with Crippen molar-refractivity contribution in [2.45, 2.75) is 44.7 Å². The summed E-state index contributed by atoms with van der Waals surface area (Å²) in [6, 6.07) is 11.0. The fourth-order valence-electron chi connectivity index (χ4n) is 3.84. The number of hydrogen-bond donors (Lipinski definition) is 2. The first-order valence-electron chi connectivity index (χ1n) is 9.63. The molecule has 2 aromatic rings. The molecule has 6 heteroatoms. The Morgan fingerprint density at radius 3 is 2.32 bits per heavy atom. The van der Waals surface area contributed by atoms with Gasteiger partial charge in [0.1, 0.15) is 5.75 Å². The van der Waals surface area contributed by atoms with Crippen LogP contribution in [0.2, 0.25) is 5.02 Å². The summed E-state index contributed by atoms with van der Waals surface area (Å²) in [6.07, 6.45) is 3.26. The maximum Gasteiger partial charge on any atom is 0.251 e. The zero-order valence-electron chi connectivity index (χ0n) is 15.8. The molecule has 0 unspecified atom stereocenters. The molecule has 2 atom stereocenters. The molecule has 1 heterocycles. The van der Waals surface area contributed by atoms with E-state index in [0.29, 0.717) is 22.8 Å². The SMILES string of the molecule is Cc1ccc(C(=O)N[C@@H]2CC[C@H](NC(=O)c3ccc4c(c3)CCO4)C2)cc1Cl. The first kappa shape index (κ1) is 18.8. The van der Waals surface area contributed by atoms with Crippen molar-refractivity contribution in [3.63, 3.8) is 0 Å². The van der Waals surface area contributed by atoms with E-state index in [0.717, 1.165) is 42.6 Å². The summed E-state index contributed by atoms with van der Waals surface area (Å²) in [5.41, 5.74) is 3.25. The number of nitrogens with one attached hydrogen (secondary N) is 2. The van der Waals surface area contributed by atoms with Gasteiger partial charge in [-0.25, -0.2) is 0 Å². The fraction of sp³-hybridized carbons (Fsp3) is 0.364. The molecule has 0 radical (unpaired) electrons. The minimum Gasteiger partial charge on any atom is -0.493 e. The number of carbonyl (C=O) groups excluding carboxylic acids is 2. The molecule has 146 valence electrons. The van der Waals surface area contributed by atoms with Gasteiger partial charge in [-0.2, -0.15) is 0 Å². The van der Waals surface area contributed by atoms with Crippen LogP contribution in [0.15, 0.2) is 36.4 Å². The number of fused-ring (bicyclic) bond motifs is 1. The first-order chi connectivity index (χ1) is 13.5. The molecular formula is C22H23ClN2O3. The third kappa shape index (κ3) is 3.99. The van der Waals surface area contributed by atoms with Gasteiger partial charge in [-0.05, 0) is 67.6 Å². The Bertz CT molecular complexity index is 928. The van der Waals surface area contributed by atoms with Gasteiger partial charge in [0, 0.05) is 34.7 Å². The van der Waals surface area contributed by atoms with Crippen LogP contribution in [0, 0.1) is 6.92 Å². The van der Waals surface area contributed by atoms with Gasteiger partial charge >= 0.3 is 0 Å². The zero-order valence-corrected chi connectivity index (χ0v) is 16.5. The van der Waals surface area contributed by atoms with Gasteiger partial charge in [-0.3, -0.25) is 9.59 Å². The van der Waals surface area contributed by atoms with E-state index in [1.165, 1.54) is 0 Å². The highest BCUT2D eigenvalue weighted by molar-refractivity contribution is 6.31. The number of carbonyl (C=O) groups is 2. The number of halogens is 1. The van der Waals surface area contributed by atoms with Gasteiger partial charge in [0.2, 0.25) is 0 Å². The van der Waals surface area contributed by atoms with Crippen LogP contribution in [-0.2, 0) is 6.42 Å². The van der Waals surface area contributed by atoms with E-state index in [1.54, 1.807) is 18.2 Å². The van der Waals surface area contributed by atoms with Crippen molar-refractivity contribution < 1.29 is 14.3 Å². The number of hydrogen-bond acceptors (Lipinski definition) is 3. The summed E-state index contributed by atoms with van der Waals surface area (Å²) in [5, 5.41) is 6.73. The Labute approximate surface area is 169 Å². The average Bonchev–Trinajstić information content (AvgIpc) is 3.32. The van der Waals surface area contributed by atoms with Crippen molar-refractivity contribution in [2.75, 3.05) is 6.61 Å². The fourth-order valence-corrected chi connectivity index (χ4v) is 4.02. The lowest BCUT2D eigenvalue weighted by Gasteiger charge is -2.15. The maximum atomic E-state index is 12.6. The second-order valence-corrected chi connectivity index (χ2v) is 7.95. The van der Waals surface area contributed by atoms with Crippen LogP contribution in [0.3, 0.4) is 0 Å². The highest BCUT2D eigenvalue weighted by atomic mass is 35.5. The number of rotatable bonds is 4. The quantitative estimate of drug-likeness (QED) is 0.825. The van der Waals surface area contributed by atoms with Crippen LogP contribution in [0.25, 0.3) is 0 Å². The smallest absolute Gasteiger partial charge is 0.251 e. The van der Waals surface area contributed by atoms with Crippen molar-refractivity contribution in [2.24, 2.45) is 0 Å². The standard InChI is InChI=1S/C22H23ClN2O3/c1-13-2-3-16(11-19(13)23)22(27)25-18-6-5-17(12-18)24-21(26)15-4-7-20-14(10-15)8-9-28-20/h2-4,7,10-11,17-18H,5-6,8-9,12H2,1H3,(H,24,26)(H,25,27)/t17-,18+/m0/s1. The van der Waals surface area contributed by atoms with E-state index in [1.807, 2.05) is 25.1 Å². The van der Waals surface area contributed by atoms with Gasteiger partial charge in [0.15, 0.2) is 0 Å². The summed E-state index contributed by atoms with van der Waals surface area (Å²) >= 11 is 6.11. The largest absolute Gasteiger partial charge is 0.493 e. The normalized spacial score (nSPS) is 20.4. The summed E-state index contributed by atoms with van der Waals surface area (Å²) in [6.45, 7) is 2.58. The molecule has 2 amide bonds. The highest BCUT2D eigenvalue weighted by Crippen LogP contribution is 2.26. The highest BCUT2D eigenvalue weighted by Gasteiger charge is 2.28. The van der Waals surface area contributed by atoms with Crippen molar-refractivity contribution in [3.8, 4) is 5.75 Å². The lowest BCUT2D eigenvalue weighted by Crippen LogP contribution is -2.37. The van der Waals surface area contributed by atoms with E-state index in [2.05, 4.69) is 10.6 Å². The number of ether oxygens (including phenoxy) is 1. The summed E-state index contributed by atoms with van der Waals surface area (Å²) < 4.78 is 5.49. The molecule has 0 spiro atoms. The predicted octanol–water partition coefficient (Wildman–Crippen LogP) is 3.66. The minimum absolute atomic E-state index is 0.0475. The molecule has 1 aliphatic carbocycles. The van der Waals surface area contributed by atoms with E-state index < -0.39 is 0 Å². The first-order valence-corrected chi connectivity index (χ1v) is 10.0. The third-order valence-electron chi connectivity index (χ3n) is 5.49. The monoisotopic (exact) mass is 398 g/mol. The molecular weight excluding hydrogens is 376 g/mol. The predicted molar refractivity (Wildman–Crippen MR) is 108 cm³/mol. The number of amides is 2. The Balaban J connectivity index is 1.32. The molecule has 0 aromatic heterocycles. The van der Waals surface area contributed by atoms with Crippen LogP contribution in [-0.4, -0.2) is 30.5 Å². The molecule has 1 saturated carbocycles. The molecule has 5 nitrogen and oxygen atoms in total. The van der Waals surface area contributed by atoms with Crippen LogP contribution >= 0.6 is 11.6 Å². The van der Waals surface area contributed by atoms with Crippen molar-refractivity contribution in [1.82, 2.24) is 10.6 Å².